The lowest BCUT2D eigenvalue weighted by molar-refractivity contribution is -0.136. The quantitative estimate of drug-likeness (QED) is 0.302. The fourth-order valence-corrected chi connectivity index (χ4v) is 2.63. The van der Waals surface area contributed by atoms with Gasteiger partial charge in [-0.05, 0) is 61.0 Å². The lowest BCUT2D eigenvalue weighted by atomic mass is 10.1. The van der Waals surface area contributed by atoms with Crippen molar-refractivity contribution in [3.8, 4) is 5.75 Å². The summed E-state index contributed by atoms with van der Waals surface area (Å²) in [5.74, 6) is -1.69. The summed E-state index contributed by atoms with van der Waals surface area (Å²) in [5, 5.41) is 8.92. The van der Waals surface area contributed by atoms with Crippen molar-refractivity contribution < 1.29 is 19.1 Å². The molecule has 0 spiro atoms. The van der Waals surface area contributed by atoms with Crippen LogP contribution in [0.1, 0.15) is 22.8 Å². The molecule has 32 heavy (non-hydrogen) atoms. The van der Waals surface area contributed by atoms with Crippen LogP contribution in [0.15, 0.2) is 78.2 Å². The second-order valence-corrected chi connectivity index (χ2v) is 6.39. The van der Waals surface area contributed by atoms with E-state index in [4.69, 9.17) is 4.74 Å². The Bertz CT molecular complexity index is 1110. The van der Waals surface area contributed by atoms with E-state index in [-0.39, 0.29) is 11.3 Å². The van der Waals surface area contributed by atoms with E-state index in [9.17, 15) is 14.4 Å². The van der Waals surface area contributed by atoms with E-state index in [1.165, 1.54) is 12.3 Å². The van der Waals surface area contributed by atoms with E-state index in [0.717, 1.165) is 0 Å². The molecule has 3 N–H and O–H groups in total. The van der Waals surface area contributed by atoms with Crippen LogP contribution in [-0.4, -0.2) is 35.5 Å². The van der Waals surface area contributed by atoms with Crippen molar-refractivity contribution >= 4 is 35.3 Å². The van der Waals surface area contributed by atoms with Gasteiger partial charge in [-0.1, -0.05) is 12.1 Å². The number of amides is 3. The normalized spacial score (nSPS) is 10.4. The number of hydrogen-bond acceptors (Lipinski definition) is 6. The van der Waals surface area contributed by atoms with Gasteiger partial charge in [0.1, 0.15) is 5.75 Å². The maximum absolute atomic E-state index is 12.7. The Morgan fingerprint density at radius 1 is 0.938 bits per heavy atom. The van der Waals surface area contributed by atoms with Gasteiger partial charge >= 0.3 is 11.8 Å². The van der Waals surface area contributed by atoms with Crippen LogP contribution >= 0.6 is 0 Å². The molecule has 9 nitrogen and oxygen atoms in total. The minimum absolute atomic E-state index is 0.189. The molecule has 3 amide bonds. The Morgan fingerprint density at radius 3 is 2.38 bits per heavy atom. The van der Waals surface area contributed by atoms with Gasteiger partial charge in [0, 0.05) is 18.1 Å². The van der Waals surface area contributed by atoms with Crippen molar-refractivity contribution in [1.29, 1.82) is 0 Å². The van der Waals surface area contributed by atoms with Crippen LogP contribution in [-0.2, 0) is 9.59 Å². The van der Waals surface area contributed by atoms with Gasteiger partial charge < -0.3 is 15.4 Å². The van der Waals surface area contributed by atoms with Crippen LogP contribution in [0.5, 0.6) is 5.75 Å². The maximum Gasteiger partial charge on any atom is 0.329 e. The Labute approximate surface area is 184 Å². The fourth-order valence-electron chi connectivity index (χ4n) is 2.63. The smallest absolute Gasteiger partial charge is 0.329 e. The summed E-state index contributed by atoms with van der Waals surface area (Å²) in [6.45, 7) is 2.43. The molecule has 0 saturated carbocycles. The molecule has 3 aromatic rings. The molecule has 9 heteroatoms. The number of carbonyl (C=O) groups excluding carboxylic acids is 3. The Morgan fingerprint density at radius 2 is 1.66 bits per heavy atom. The molecule has 0 aliphatic carbocycles. The number of ether oxygens (including phenoxy) is 1. The highest BCUT2D eigenvalue weighted by Gasteiger charge is 2.17. The number of benzene rings is 2. The van der Waals surface area contributed by atoms with Crippen LogP contribution in [0.2, 0.25) is 0 Å². The summed E-state index contributed by atoms with van der Waals surface area (Å²) in [6, 6.07) is 16.6. The molecule has 0 radical (unpaired) electrons. The molecule has 2 aromatic carbocycles. The molecule has 0 unspecified atom stereocenters. The molecule has 1 heterocycles. The number of aromatic nitrogens is 1. The van der Waals surface area contributed by atoms with Crippen LogP contribution in [0.4, 0.5) is 11.4 Å². The van der Waals surface area contributed by atoms with Crippen molar-refractivity contribution in [2.45, 2.75) is 6.92 Å². The zero-order valence-corrected chi connectivity index (χ0v) is 17.2. The summed E-state index contributed by atoms with van der Waals surface area (Å²) < 4.78 is 5.38. The first-order valence-electron chi connectivity index (χ1n) is 9.74. The van der Waals surface area contributed by atoms with Gasteiger partial charge in [-0.2, -0.15) is 5.10 Å². The van der Waals surface area contributed by atoms with Crippen LogP contribution < -0.4 is 20.8 Å². The summed E-state index contributed by atoms with van der Waals surface area (Å²) >= 11 is 0. The summed E-state index contributed by atoms with van der Waals surface area (Å²) in [7, 11) is 0. The third kappa shape index (κ3) is 6.23. The molecule has 0 fully saturated rings. The number of para-hydroxylation sites is 1. The fraction of sp³-hybridized carbons (Fsp3) is 0.0870. The van der Waals surface area contributed by atoms with Crippen molar-refractivity contribution in [3.63, 3.8) is 0 Å². The highest BCUT2D eigenvalue weighted by atomic mass is 16.5. The number of nitrogens with zero attached hydrogens (tertiary/aromatic N) is 2. The SMILES string of the molecule is CCOc1ccc(NC(=O)c2ccccc2NC(=O)C(=O)N/N=C\c2ccncc2)cc1. The molecule has 0 bridgehead atoms. The molecule has 0 aliphatic heterocycles. The number of nitrogens with one attached hydrogen (secondary N) is 3. The minimum atomic E-state index is -0.975. The van der Waals surface area contributed by atoms with Crippen molar-refractivity contribution in [3.05, 3.63) is 84.2 Å². The number of hydrogen-bond donors (Lipinski definition) is 3. The summed E-state index contributed by atoms with van der Waals surface area (Å²) in [5.41, 5.74) is 3.79. The number of anilines is 2. The zero-order valence-electron chi connectivity index (χ0n) is 17.2. The van der Waals surface area contributed by atoms with Gasteiger partial charge in [-0.3, -0.25) is 19.4 Å². The van der Waals surface area contributed by atoms with Gasteiger partial charge in [0.15, 0.2) is 0 Å². The maximum atomic E-state index is 12.7. The third-order valence-electron chi connectivity index (χ3n) is 4.14. The van der Waals surface area contributed by atoms with E-state index in [1.807, 2.05) is 6.92 Å². The predicted octanol–water partition coefficient (Wildman–Crippen LogP) is 2.82. The van der Waals surface area contributed by atoms with Gasteiger partial charge in [0.25, 0.3) is 5.91 Å². The highest BCUT2D eigenvalue weighted by Crippen LogP contribution is 2.19. The molecule has 0 aliphatic rings. The monoisotopic (exact) mass is 431 g/mol. The van der Waals surface area contributed by atoms with E-state index < -0.39 is 17.7 Å². The van der Waals surface area contributed by atoms with Gasteiger partial charge in [0.2, 0.25) is 0 Å². The molecule has 3 rings (SSSR count). The average Bonchev–Trinajstić information content (AvgIpc) is 2.81. The largest absolute Gasteiger partial charge is 0.494 e. The van der Waals surface area contributed by atoms with Crippen molar-refractivity contribution in [1.82, 2.24) is 10.4 Å². The van der Waals surface area contributed by atoms with E-state index >= 15 is 0 Å². The number of hydrazone groups is 1. The van der Waals surface area contributed by atoms with Crippen molar-refractivity contribution in [2.24, 2.45) is 5.10 Å². The molecule has 1 aromatic heterocycles. The standard InChI is InChI=1S/C23H21N5O4/c1-2-32-18-9-7-17(8-10-18)26-21(29)19-5-3-4-6-20(19)27-22(30)23(31)28-25-15-16-11-13-24-14-12-16/h3-15H,2H2,1H3,(H,26,29)(H,27,30)(H,28,31)/b25-15-. The topological polar surface area (TPSA) is 122 Å². The van der Waals surface area contributed by atoms with Gasteiger partial charge in [0.05, 0.1) is 24.1 Å². The molecular weight excluding hydrogens is 410 g/mol. The molecule has 162 valence electrons. The molecule has 0 atom stereocenters. The Hall–Kier alpha value is -4.53. The molecular formula is C23H21N5O4. The van der Waals surface area contributed by atoms with E-state index in [0.29, 0.717) is 23.6 Å². The molecule has 0 saturated heterocycles. The third-order valence-corrected chi connectivity index (χ3v) is 4.14. The van der Waals surface area contributed by atoms with Gasteiger partial charge in [-0.25, -0.2) is 5.43 Å². The number of rotatable bonds is 7. The second kappa shape index (κ2) is 11.0. The van der Waals surface area contributed by atoms with Crippen LogP contribution in [0.25, 0.3) is 0 Å². The first kappa shape index (κ1) is 22.2. The lowest BCUT2D eigenvalue weighted by Crippen LogP contribution is -2.33. The highest BCUT2D eigenvalue weighted by molar-refractivity contribution is 6.40. The predicted molar refractivity (Wildman–Crippen MR) is 121 cm³/mol. The Kier molecular flexibility index (Phi) is 7.63. The first-order chi connectivity index (χ1) is 15.6. The summed E-state index contributed by atoms with van der Waals surface area (Å²) in [4.78, 5) is 40.8. The Balaban J connectivity index is 1.62. The number of pyridine rings is 1. The zero-order chi connectivity index (χ0) is 22.8. The first-order valence-corrected chi connectivity index (χ1v) is 9.74. The van der Waals surface area contributed by atoms with E-state index in [2.05, 4.69) is 26.1 Å². The van der Waals surface area contributed by atoms with Crippen LogP contribution in [0, 0.1) is 0 Å². The van der Waals surface area contributed by atoms with E-state index in [1.54, 1.807) is 67.0 Å². The van der Waals surface area contributed by atoms with Crippen molar-refractivity contribution in [2.75, 3.05) is 17.2 Å². The second-order valence-electron chi connectivity index (χ2n) is 6.39. The van der Waals surface area contributed by atoms with Crippen LogP contribution in [0.3, 0.4) is 0 Å². The minimum Gasteiger partial charge on any atom is -0.494 e. The average molecular weight is 431 g/mol. The lowest BCUT2D eigenvalue weighted by Gasteiger charge is -2.11. The summed E-state index contributed by atoms with van der Waals surface area (Å²) in [6.07, 6.45) is 4.53. The van der Waals surface area contributed by atoms with Gasteiger partial charge in [-0.15, -0.1) is 0 Å². The number of carbonyl (C=O) groups is 3.